The number of hydrogen-bond donors (Lipinski definition) is 1. The van der Waals surface area contributed by atoms with Crippen LogP contribution in [0.5, 0.6) is 0 Å². The highest BCUT2D eigenvalue weighted by atomic mass is 19.3. The minimum Gasteiger partial charge on any atom is -0.544 e. The van der Waals surface area contributed by atoms with E-state index >= 15 is 0 Å². The third kappa shape index (κ3) is 5.29. The predicted octanol–water partition coefficient (Wildman–Crippen LogP) is -0.622. The van der Waals surface area contributed by atoms with Gasteiger partial charge in [-0.1, -0.05) is 0 Å². The van der Waals surface area contributed by atoms with E-state index < -0.39 is 12.4 Å². The molecular weight excluding hydrogens is 108 g/mol. The smallest absolute Gasteiger partial charge is 0.277 e. The van der Waals surface area contributed by atoms with E-state index in [1.54, 1.807) is 0 Å². The van der Waals surface area contributed by atoms with Crippen molar-refractivity contribution in [3.8, 4) is 0 Å². The van der Waals surface area contributed by atoms with Gasteiger partial charge in [-0.15, -0.1) is 0 Å². The van der Waals surface area contributed by atoms with Crippen molar-refractivity contribution < 1.29 is 18.7 Å². The lowest BCUT2D eigenvalue weighted by atomic mass is 10.7. The van der Waals surface area contributed by atoms with Crippen molar-refractivity contribution in [3.63, 3.8) is 0 Å². The lowest BCUT2D eigenvalue weighted by Gasteiger charge is -1.93. The van der Waals surface area contributed by atoms with Crippen molar-refractivity contribution in [1.29, 1.82) is 0 Å². The molecule has 0 spiro atoms. The van der Waals surface area contributed by atoms with E-state index in [0.717, 1.165) is 0 Å². The summed E-state index contributed by atoms with van der Waals surface area (Å²) in [4.78, 5) is 8.84. The average Bonchev–Trinajstić information content (AvgIpc) is 1.36. The molecule has 0 saturated heterocycles. The Hall–Kier alpha value is -0.710. The molecule has 0 atom stereocenters. The number of alkyl halides is 2. The molecule has 0 aromatic rings. The fourth-order valence-corrected chi connectivity index (χ4v) is 0. The molecule has 44 valence electrons. The maximum Gasteiger partial charge on any atom is 0.277 e. The van der Waals surface area contributed by atoms with E-state index in [4.69, 9.17) is 9.90 Å². The van der Waals surface area contributed by atoms with Gasteiger partial charge in [0, 0.05) is 0 Å². The van der Waals surface area contributed by atoms with Crippen LogP contribution in [0.4, 0.5) is 8.78 Å². The number of carboxylic acid groups (broad SMARTS) is 1. The summed E-state index contributed by atoms with van der Waals surface area (Å²) in [5.74, 6) is -2.32. The Morgan fingerprint density at radius 2 is 1.71 bits per heavy atom. The minimum atomic E-state index is -3.34. The van der Waals surface area contributed by atoms with Crippen molar-refractivity contribution in [1.82, 2.24) is 6.15 Å². The Balaban J connectivity index is 0. The van der Waals surface area contributed by atoms with Crippen LogP contribution in [0.25, 0.3) is 0 Å². The second kappa shape index (κ2) is 3.48. The van der Waals surface area contributed by atoms with Crippen molar-refractivity contribution in [3.05, 3.63) is 0 Å². The maximum absolute atomic E-state index is 10.5. The normalized spacial score (nSPS) is 7.86. The van der Waals surface area contributed by atoms with Crippen LogP contribution in [0, 0.1) is 0 Å². The SMILES string of the molecule is O=C([O-])C(F)F.[NH4+]. The quantitative estimate of drug-likeness (QED) is 0.491. The van der Waals surface area contributed by atoms with Gasteiger partial charge in [0.15, 0.2) is 0 Å². The van der Waals surface area contributed by atoms with Gasteiger partial charge in [0.25, 0.3) is 6.43 Å². The Kier molecular flexibility index (Phi) is 4.75. The summed E-state index contributed by atoms with van der Waals surface area (Å²) in [6, 6.07) is 0. The molecule has 0 heterocycles. The van der Waals surface area contributed by atoms with Gasteiger partial charge < -0.3 is 16.1 Å². The van der Waals surface area contributed by atoms with E-state index in [1.165, 1.54) is 0 Å². The van der Waals surface area contributed by atoms with E-state index in [9.17, 15) is 8.78 Å². The zero-order valence-electron chi connectivity index (χ0n) is 3.65. The lowest BCUT2D eigenvalue weighted by molar-refractivity contribution is -0.317. The Morgan fingerprint density at radius 1 is 1.57 bits per heavy atom. The molecule has 0 bridgehead atoms. The zero-order chi connectivity index (χ0) is 5.15. The number of carbonyl (C=O) groups is 1. The van der Waals surface area contributed by atoms with Gasteiger partial charge in [0.2, 0.25) is 0 Å². The average molecular weight is 113 g/mol. The highest BCUT2D eigenvalue weighted by Crippen LogP contribution is 1.85. The van der Waals surface area contributed by atoms with E-state index in [1.807, 2.05) is 0 Å². The fourth-order valence-electron chi connectivity index (χ4n) is 0. The third-order valence-corrected chi connectivity index (χ3v) is 0.178. The summed E-state index contributed by atoms with van der Waals surface area (Å²) in [6.07, 6.45) is -3.34. The van der Waals surface area contributed by atoms with Crippen LogP contribution in [0.15, 0.2) is 0 Å². The molecular formula is C2H5F2NO2. The molecule has 0 radical (unpaired) electrons. The third-order valence-electron chi connectivity index (χ3n) is 0.178. The second-order valence-corrected chi connectivity index (χ2v) is 0.620. The molecule has 0 saturated carbocycles. The molecule has 7 heavy (non-hydrogen) atoms. The van der Waals surface area contributed by atoms with Crippen molar-refractivity contribution >= 4 is 5.97 Å². The summed E-state index contributed by atoms with van der Waals surface area (Å²) in [7, 11) is 0. The van der Waals surface area contributed by atoms with Crippen LogP contribution in [0.2, 0.25) is 0 Å². The first kappa shape index (κ1) is 9.56. The second-order valence-electron chi connectivity index (χ2n) is 0.620. The lowest BCUT2D eigenvalue weighted by Crippen LogP contribution is -2.29. The molecule has 0 aromatic heterocycles. The van der Waals surface area contributed by atoms with Gasteiger partial charge >= 0.3 is 0 Å². The van der Waals surface area contributed by atoms with Gasteiger partial charge in [-0.05, 0) is 0 Å². The zero-order valence-corrected chi connectivity index (χ0v) is 3.65. The number of carbonyl (C=O) groups excluding carboxylic acids is 1. The molecule has 0 amide bonds. The first-order valence-electron chi connectivity index (χ1n) is 1.13. The number of halogens is 2. The standard InChI is InChI=1S/C2H2F2O2.H3N/c3-1(4)2(5)6;/h1H,(H,5,6);1H3. The van der Waals surface area contributed by atoms with Crippen LogP contribution in [0.3, 0.4) is 0 Å². The topological polar surface area (TPSA) is 76.6 Å². The van der Waals surface area contributed by atoms with Crippen molar-refractivity contribution in [2.75, 3.05) is 0 Å². The summed E-state index contributed by atoms with van der Waals surface area (Å²) in [5, 5.41) is 8.84. The molecule has 0 aliphatic rings. The molecule has 5 heteroatoms. The number of hydrogen-bond acceptors (Lipinski definition) is 2. The van der Waals surface area contributed by atoms with Gasteiger partial charge in [0.05, 0.1) is 0 Å². The van der Waals surface area contributed by atoms with Crippen LogP contribution in [-0.2, 0) is 4.79 Å². The number of aliphatic carboxylic acids is 1. The number of quaternary nitrogens is 1. The highest BCUT2D eigenvalue weighted by molar-refractivity contribution is 5.67. The van der Waals surface area contributed by atoms with Crippen LogP contribution >= 0.6 is 0 Å². The summed E-state index contributed by atoms with van der Waals surface area (Å²) in [6.45, 7) is 0. The maximum atomic E-state index is 10.5. The van der Waals surface area contributed by atoms with Crippen molar-refractivity contribution in [2.45, 2.75) is 6.43 Å². The first-order chi connectivity index (χ1) is 2.64. The largest absolute Gasteiger partial charge is 0.544 e. The first-order valence-corrected chi connectivity index (χ1v) is 1.13. The summed E-state index contributed by atoms with van der Waals surface area (Å²) in [5.41, 5.74) is 0. The van der Waals surface area contributed by atoms with Gasteiger partial charge in [0.1, 0.15) is 5.97 Å². The van der Waals surface area contributed by atoms with Crippen LogP contribution in [0.1, 0.15) is 0 Å². The predicted molar refractivity (Wildman–Crippen MR) is 17.0 cm³/mol. The van der Waals surface area contributed by atoms with Crippen LogP contribution in [-0.4, -0.2) is 12.4 Å². The van der Waals surface area contributed by atoms with Crippen molar-refractivity contribution in [2.24, 2.45) is 0 Å². The van der Waals surface area contributed by atoms with Gasteiger partial charge in [-0.2, -0.15) is 0 Å². The van der Waals surface area contributed by atoms with Gasteiger partial charge in [-0.25, -0.2) is 8.78 Å². The molecule has 0 aromatic carbocycles. The number of carboxylic acids is 1. The molecule has 0 aliphatic heterocycles. The molecule has 4 N–H and O–H groups in total. The molecule has 0 fully saturated rings. The minimum absolute atomic E-state index is 0. The number of rotatable bonds is 1. The molecule has 3 nitrogen and oxygen atoms in total. The Morgan fingerprint density at radius 3 is 1.71 bits per heavy atom. The molecule has 0 unspecified atom stereocenters. The van der Waals surface area contributed by atoms with E-state index in [0.29, 0.717) is 0 Å². The monoisotopic (exact) mass is 113 g/mol. The Labute approximate surface area is 38.5 Å². The summed E-state index contributed by atoms with van der Waals surface area (Å²) < 4.78 is 21.0. The van der Waals surface area contributed by atoms with Crippen LogP contribution < -0.4 is 11.3 Å². The fraction of sp³-hybridized carbons (Fsp3) is 0.500. The molecule has 0 rings (SSSR count). The Bertz CT molecular complexity index is 64.7. The highest BCUT2D eigenvalue weighted by Gasteiger charge is 1.98. The van der Waals surface area contributed by atoms with E-state index in [2.05, 4.69) is 0 Å². The summed E-state index contributed by atoms with van der Waals surface area (Å²) >= 11 is 0. The van der Waals surface area contributed by atoms with E-state index in [-0.39, 0.29) is 6.15 Å². The molecule has 0 aliphatic carbocycles. The van der Waals surface area contributed by atoms with Gasteiger partial charge in [-0.3, -0.25) is 0 Å².